The van der Waals surface area contributed by atoms with E-state index in [1.165, 1.54) is 0 Å². The molecule has 5 heteroatoms. The van der Waals surface area contributed by atoms with Gasteiger partial charge in [-0.15, -0.1) is 0 Å². The molecule has 3 aromatic carbocycles. The first-order valence-corrected chi connectivity index (χ1v) is 9.06. The summed E-state index contributed by atoms with van der Waals surface area (Å²) >= 11 is 0. The lowest BCUT2D eigenvalue weighted by atomic mass is 10.1. The van der Waals surface area contributed by atoms with Gasteiger partial charge in [0, 0.05) is 30.5 Å². The van der Waals surface area contributed by atoms with Crippen molar-refractivity contribution in [1.29, 1.82) is 0 Å². The number of amides is 3. The molecule has 5 nitrogen and oxygen atoms in total. The number of urea groups is 1. The van der Waals surface area contributed by atoms with Crippen molar-refractivity contribution in [2.24, 2.45) is 0 Å². The second-order valence-corrected chi connectivity index (χ2v) is 6.58. The Morgan fingerprint density at radius 1 is 0.893 bits per heavy atom. The molecule has 0 saturated carbocycles. The van der Waals surface area contributed by atoms with E-state index in [1.807, 2.05) is 61.5 Å². The van der Waals surface area contributed by atoms with E-state index in [9.17, 15) is 9.59 Å². The molecule has 0 fully saturated rings. The van der Waals surface area contributed by atoms with Crippen LogP contribution in [0.25, 0.3) is 0 Å². The lowest BCUT2D eigenvalue weighted by Crippen LogP contribution is -2.29. The van der Waals surface area contributed by atoms with E-state index < -0.39 is 0 Å². The number of benzene rings is 3. The smallest absolute Gasteiger partial charge is 0.319 e. The molecule has 0 aliphatic heterocycles. The van der Waals surface area contributed by atoms with Crippen LogP contribution in [0.5, 0.6) is 0 Å². The van der Waals surface area contributed by atoms with Gasteiger partial charge in [0.25, 0.3) is 5.91 Å². The molecular weight excluding hydrogens is 350 g/mol. The molecule has 0 atom stereocenters. The molecule has 0 radical (unpaired) electrons. The van der Waals surface area contributed by atoms with Gasteiger partial charge in [0.2, 0.25) is 0 Å². The zero-order valence-electron chi connectivity index (χ0n) is 16.0. The number of carbonyl (C=O) groups is 2. The third kappa shape index (κ3) is 4.98. The Kier molecular flexibility index (Phi) is 6.07. The van der Waals surface area contributed by atoms with E-state index in [1.54, 1.807) is 36.2 Å². The molecule has 0 spiro atoms. The van der Waals surface area contributed by atoms with Crippen LogP contribution in [0.2, 0.25) is 0 Å². The monoisotopic (exact) mass is 373 g/mol. The molecule has 142 valence electrons. The highest BCUT2D eigenvalue weighted by atomic mass is 16.2. The predicted octanol–water partition coefficient (Wildman–Crippen LogP) is 4.59. The molecule has 0 saturated heterocycles. The Balaban J connectivity index is 1.62. The minimum absolute atomic E-state index is 0.144. The van der Waals surface area contributed by atoms with Crippen molar-refractivity contribution in [2.45, 2.75) is 13.5 Å². The minimum Gasteiger partial charge on any atom is -0.334 e. The number of nitrogens with one attached hydrogen (secondary N) is 2. The van der Waals surface area contributed by atoms with Crippen LogP contribution in [0.3, 0.4) is 0 Å². The van der Waals surface area contributed by atoms with Crippen LogP contribution in [0.4, 0.5) is 16.2 Å². The molecule has 0 aliphatic rings. The lowest BCUT2D eigenvalue weighted by molar-refractivity contribution is 0.0993. The maximum Gasteiger partial charge on any atom is 0.319 e. The van der Waals surface area contributed by atoms with Crippen molar-refractivity contribution in [3.8, 4) is 0 Å². The number of nitrogens with zero attached hydrogens (tertiary/aromatic N) is 1. The van der Waals surface area contributed by atoms with Gasteiger partial charge in [-0.2, -0.15) is 0 Å². The van der Waals surface area contributed by atoms with E-state index in [0.29, 0.717) is 17.8 Å². The number of hydrogen-bond acceptors (Lipinski definition) is 2. The molecule has 0 heterocycles. The molecule has 28 heavy (non-hydrogen) atoms. The molecule has 0 aliphatic carbocycles. The standard InChI is InChI=1S/C23H23N3O2/c1-17-8-6-9-18(14-17)16-24-23(28)25-20-11-7-10-19(15-20)22(27)26(2)21-12-4-3-5-13-21/h3-15H,16H2,1-2H3,(H2,24,25,28). The maximum atomic E-state index is 12.7. The quantitative estimate of drug-likeness (QED) is 0.687. The average Bonchev–Trinajstić information content (AvgIpc) is 2.72. The molecule has 3 aromatic rings. The fraction of sp³-hybridized carbons (Fsp3) is 0.130. The van der Waals surface area contributed by atoms with Gasteiger partial charge in [-0.1, -0.05) is 54.1 Å². The van der Waals surface area contributed by atoms with Gasteiger partial charge >= 0.3 is 6.03 Å². The van der Waals surface area contributed by atoms with E-state index in [2.05, 4.69) is 10.6 Å². The highest BCUT2D eigenvalue weighted by molar-refractivity contribution is 6.06. The minimum atomic E-state index is -0.317. The largest absolute Gasteiger partial charge is 0.334 e. The summed E-state index contributed by atoms with van der Waals surface area (Å²) in [6.45, 7) is 2.45. The molecule has 0 aromatic heterocycles. The van der Waals surface area contributed by atoms with Gasteiger partial charge in [-0.05, 0) is 42.8 Å². The third-order valence-electron chi connectivity index (χ3n) is 4.35. The Hall–Kier alpha value is -3.60. The Bertz CT molecular complexity index is 970. The van der Waals surface area contributed by atoms with Gasteiger partial charge in [-0.25, -0.2) is 4.79 Å². The lowest BCUT2D eigenvalue weighted by Gasteiger charge is -2.17. The van der Waals surface area contributed by atoms with Gasteiger partial charge < -0.3 is 15.5 Å². The van der Waals surface area contributed by atoms with Crippen molar-refractivity contribution < 1.29 is 9.59 Å². The number of aryl methyl sites for hydroxylation is 1. The SMILES string of the molecule is Cc1cccc(CNC(=O)Nc2cccc(C(=O)N(C)c3ccccc3)c2)c1. The normalized spacial score (nSPS) is 10.2. The van der Waals surface area contributed by atoms with E-state index in [0.717, 1.165) is 16.8 Å². The summed E-state index contributed by atoms with van der Waals surface area (Å²) in [4.78, 5) is 26.5. The van der Waals surface area contributed by atoms with Gasteiger partial charge in [0.1, 0.15) is 0 Å². The van der Waals surface area contributed by atoms with Crippen molar-refractivity contribution in [1.82, 2.24) is 5.32 Å². The summed E-state index contributed by atoms with van der Waals surface area (Å²) in [6, 6.07) is 24.0. The van der Waals surface area contributed by atoms with Gasteiger partial charge in [0.05, 0.1) is 0 Å². The number of rotatable bonds is 5. The van der Waals surface area contributed by atoms with Gasteiger partial charge in [-0.3, -0.25) is 4.79 Å². The Morgan fingerprint density at radius 3 is 2.39 bits per heavy atom. The highest BCUT2D eigenvalue weighted by Crippen LogP contribution is 2.17. The molecule has 2 N–H and O–H groups in total. The molecule has 3 amide bonds. The summed E-state index contributed by atoms with van der Waals surface area (Å²) in [7, 11) is 1.73. The van der Waals surface area contributed by atoms with Crippen LogP contribution in [0.15, 0.2) is 78.9 Å². The van der Waals surface area contributed by atoms with Crippen LogP contribution in [-0.2, 0) is 6.54 Å². The fourth-order valence-corrected chi connectivity index (χ4v) is 2.87. The molecular formula is C23H23N3O2. The van der Waals surface area contributed by atoms with Crippen molar-refractivity contribution >= 4 is 23.3 Å². The fourth-order valence-electron chi connectivity index (χ4n) is 2.87. The first-order valence-electron chi connectivity index (χ1n) is 9.06. The van der Waals surface area contributed by atoms with Crippen molar-refractivity contribution in [3.63, 3.8) is 0 Å². The summed E-state index contributed by atoms with van der Waals surface area (Å²) in [5.41, 5.74) is 4.05. The van der Waals surface area contributed by atoms with Gasteiger partial charge in [0.15, 0.2) is 0 Å². The molecule has 3 rings (SSSR count). The summed E-state index contributed by atoms with van der Waals surface area (Å²) < 4.78 is 0. The number of hydrogen-bond donors (Lipinski definition) is 2. The average molecular weight is 373 g/mol. The second-order valence-electron chi connectivity index (χ2n) is 6.58. The zero-order valence-corrected chi connectivity index (χ0v) is 16.0. The first kappa shape index (κ1) is 19.2. The summed E-state index contributed by atoms with van der Waals surface area (Å²) in [5, 5.41) is 5.61. The van der Waals surface area contributed by atoms with E-state index in [4.69, 9.17) is 0 Å². The maximum absolute atomic E-state index is 12.7. The third-order valence-corrected chi connectivity index (χ3v) is 4.35. The van der Waals surface area contributed by atoms with E-state index >= 15 is 0 Å². The van der Waals surface area contributed by atoms with Crippen LogP contribution >= 0.6 is 0 Å². The molecule has 0 bridgehead atoms. The number of carbonyl (C=O) groups excluding carboxylic acids is 2. The Morgan fingerprint density at radius 2 is 1.64 bits per heavy atom. The zero-order chi connectivity index (χ0) is 19.9. The number of anilines is 2. The topological polar surface area (TPSA) is 61.4 Å². The van der Waals surface area contributed by atoms with E-state index in [-0.39, 0.29) is 11.9 Å². The van der Waals surface area contributed by atoms with Crippen LogP contribution in [0.1, 0.15) is 21.5 Å². The molecule has 0 unspecified atom stereocenters. The second kappa shape index (κ2) is 8.86. The van der Waals surface area contributed by atoms with Crippen molar-refractivity contribution in [2.75, 3.05) is 17.3 Å². The highest BCUT2D eigenvalue weighted by Gasteiger charge is 2.14. The van der Waals surface area contributed by atoms with Crippen LogP contribution < -0.4 is 15.5 Å². The van der Waals surface area contributed by atoms with Crippen LogP contribution in [-0.4, -0.2) is 19.0 Å². The number of para-hydroxylation sites is 1. The Labute approximate surface area is 165 Å². The predicted molar refractivity (Wildman–Crippen MR) is 113 cm³/mol. The van der Waals surface area contributed by atoms with Crippen molar-refractivity contribution in [3.05, 3.63) is 95.6 Å². The first-order chi connectivity index (χ1) is 13.5. The van der Waals surface area contributed by atoms with Crippen LogP contribution in [0, 0.1) is 6.92 Å². The summed E-state index contributed by atoms with van der Waals surface area (Å²) in [6.07, 6.45) is 0. The summed E-state index contributed by atoms with van der Waals surface area (Å²) in [5.74, 6) is -0.144.